The van der Waals surface area contributed by atoms with E-state index in [4.69, 9.17) is 0 Å². The van der Waals surface area contributed by atoms with Crippen LogP contribution in [0.5, 0.6) is 0 Å². The fraction of sp³-hybridized carbons (Fsp3) is 0.389. The molecule has 0 saturated carbocycles. The predicted molar refractivity (Wildman–Crippen MR) is 85.9 cm³/mol. The van der Waals surface area contributed by atoms with Crippen LogP contribution in [0.4, 0.5) is 4.39 Å². The second-order valence-corrected chi connectivity index (χ2v) is 5.49. The number of benzene rings is 1. The van der Waals surface area contributed by atoms with Crippen molar-refractivity contribution in [3.63, 3.8) is 0 Å². The van der Waals surface area contributed by atoms with E-state index in [0.717, 1.165) is 30.6 Å². The van der Waals surface area contributed by atoms with Crippen LogP contribution in [0.2, 0.25) is 0 Å². The molecule has 4 heteroatoms. The first-order valence-corrected chi connectivity index (χ1v) is 7.72. The molecule has 0 aliphatic carbocycles. The van der Waals surface area contributed by atoms with E-state index in [-0.39, 0.29) is 11.9 Å². The first kappa shape index (κ1) is 16.6. The highest BCUT2D eigenvalue weighted by Crippen LogP contribution is 2.09. The average molecular weight is 302 g/mol. The lowest BCUT2D eigenvalue weighted by Gasteiger charge is -2.24. The van der Waals surface area contributed by atoms with E-state index in [0.29, 0.717) is 13.1 Å². The van der Waals surface area contributed by atoms with E-state index in [1.54, 1.807) is 18.3 Å². The highest BCUT2D eigenvalue weighted by molar-refractivity contribution is 5.16. The molecule has 1 aromatic heterocycles. The predicted octanol–water partition coefficient (Wildman–Crippen LogP) is 3.04. The Bertz CT molecular complexity index is 545. The number of aliphatic hydroxyl groups is 1. The number of aliphatic hydroxyl groups excluding tert-OH is 1. The van der Waals surface area contributed by atoms with Crippen molar-refractivity contribution >= 4 is 0 Å². The highest BCUT2D eigenvalue weighted by atomic mass is 19.1. The second-order valence-electron chi connectivity index (χ2n) is 5.49. The molecule has 1 aromatic carbocycles. The number of halogens is 1. The van der Waals surface area contributed by atoms with Crippen LogP contribution in [0.1, 0.15) is 24.6 Å². The van der Waals surface area contributed by atoms with Gasteiger partial charge in [0.2, 0.25) is 0 Å². The van der Waals surface area contributed by atoms with Gasteiger partial charge in [0.05, 0.1) is 6.10 Å². The fourth-order valence-electron chi connectivity index (χ4n) is 2.33. The molecule has 0 radical (unpaired) electrons. The minimum Gasteiger partial charge on any atom is -0.392 e. The Morgan fingerprint density at radius 1 is 1.18 bits per heavy atom. The molecule has 1 N–H and O–H groups in total. The Labute approximate surface area is 131 Å². The van der Waals surface area contributed by atoms with Crippen LogP contribution in [-0.2, 0) is 13.0 Å². The van der Waals surface area contributed by atoms with Crippen molar-refractivity contribution < 1.29 is 9.50 Å². The molecule has 0 spiro atoms. The van der Waals surface area contributed by atoms with Crippen molar-refractivity contribution in [1.29, 1.82) is 0 Å². The molecule has 1 heterocycles. The Kier molecular flexibility index (Phi) is 6.49. The van der Waals surface area contributed by atoms with Gasteiger partial charge in [-0.1, -0.05) is 25.1 Å². The lowest BCUT2D eigenvalue weighted by atomic mass is 10.1. The molecule has 0 aliphatic rings. The van der Waals surface area contributed by atoms with Crippen LogP contribution in [0.25, 0.3) is 0 Å². The third-order valence-electron chi connectivity index (χ3n) is 3.67. The summed E-state index contributed by atoms with van der Waals surface area (Å²) in [6.45, 7) is 4.09. The van der Waals surface area contributed by atoms with Crippen LogP contribution in [0.15, 0.2) is 48.7 Å². The summed E-state index contributed by atoms with van der Waals surface area (Å²) in [4.78, 5) is 6.52. The van der Waals surface area contributed by atoms with Crippen LogP contribution >= 0.6 is 0 Å². The second kappa shape index (κ2) is 8.61. The van der Waals surface area contributed by atoms with Crippen LogP contribution in [0, 0.1) is 5.82 Å². The number of nitrogens with zero attached hydrogens (tertiary/aromatic N) is 2. The van der Waals surface area contributed by atoms with E-state index < -0.39 is 0 Å². The average Bonchev–Trinajstić information content (AvgIpc) is 2.55. The lowest BCUT2D eigenvalue weighted by molar-refractivity contribution is 0.106. The van der Waals surface area contributed by atoms with Crippen LogP contribution in [0.3, 0.4) is 0 Å². The number of aromatic nitrogens is 1. The maximum Gasteiger partial charge on any atom is 0.123 e. The van der Waals surface area contributed by atoms with E-state index in [2.05, 4.69) is 9.88 Å². The zero-order chi connectivity index (χ0) is 15.8. The zero-order valence-corrected chi connectivity index (χ0v) is 13.0. The van der Waals surface area contributed by atoms with E-state index in [1.165, 1.54) is 12.1 Å². The van der Waals surface area contributed by atoms with Gasteiger partial charge in [0.1, 0.15) is 5.82 Å². The molecule has 22 heavy (non-hydrogen) atoms. The number of hydrogen-bond acceptors (Lipinski definition) is 3. The summed E-state index contributed by atoms with van der Waals surface area (Å²) in [6, 6.07) is 12.4. The van der Waals surface area contributed by atoms with Gasteiger partial charge in [-0.3, -0.25) is 9.88 Å². The summed E-state index contributed by atoms with van der Waals surface area (Å²) in [5.41, 5.74) is 2.09. The lowest BCUT2D eigenvalue weighted by Crippen LogP contribution is -2.33. The molecular weight excluding hydrogens is 279 g/mol. The SMILES string of the molecule is CCC(O)CN(CCc1ccccn1)Cc1ccc(F)cc1. The zero-order valence-electron chi connectivity index (χ0n) is 13.0. The fourth-order valence-corrected chi connectivity index (χ4v) is 2.33. The summed E-state index contributed by atoms with van der Waals surface area (Å²) in [7, 11) is 0. The Morgan fingerprint density at radius 2 is 1.95 bits per heavy atom. The molecule has 1 unspecified atom stereocenters. The molecule has 3 nitrogen and oxygen atoms in total. The molecular formula is C18H23FN2O. The maximum absolute atomic E-state index is 13.0. The summed E-state index contributed by atoms with van der Waals surface area (Å²) in [5, 5.41) is 9.93. The van der Waals surface area contributed by atoms with Gasteiger partial charge in [0, 0.05) is 37.9 Å². The van der Waals surface area contributed by atoms with E-state index in [9.17, 15) is 9.50 Å². The summed E-state index contributed by atoms with van der Waals surface area (Å²) < 4.78 is 13.0. The Balaban J connectivity index is 1.97. The van der Waals surface area contributed by atoms with Gasteiger partial charge < -0.3 is 5.11 Å². The minimum absolute atomic E-state index is 0.225. The normalized spacial score (nSPS) is 12.5. The van der Waals surface area contributed by atoms with Crippen molar-refractivity contribution in [3.8, 4) is 0 Å². The third-order valence-corrected chi connectivity index (χ3v) is 3.67. The Hall–Kier alpha value is -1.78. The molecule has 2 aromatic rings. The monoisotopic (exact) mass is 302 g/mol. The Morgan fingerprint density at radius 3 is 2.59 bits per heavy atom. The van der Waals surface area contributed by atoms with E-state index >= 15 is 0 Å². The minimum atomic E-state index is -0.343. The van der Waals surface area contributed by atoms with Gasteiger partial charge in [-0.05, 0) is 36.2 Å². The molecule has 118 valence electrons. The molecule has 0 fully saturated rings. The maximum atomic E-state index is 13.0. The molecule has 0 amide bonds. The smallest absolute Gasteiger partial charge is 0.123 e. The first-order valence-electron chi connectivity index (χ1n) is 7.72. The van der Waals surface area contributed by atoms with Crippen molar-refractivity contribution in [3.05, 3.63) is 65.7 Å². The van der Waals surface area contributed by atoms with Gasteiger partial charge in [-0.2, -0.15) is 0 Å². The molecule has 2 rings (SSSR count). The number of pyridine rings is 1. The number of hydrogen-bond donors (Lipinski definition) is 1. The summed E-state index contributed by atoms with van der Waals surface area (Å²) >= 11 is 0. The van der Waals surface area contributed by atoms with Gasteiger partial charge in [-0.15, -0.1) is 0 Å². The van der Waals surface area contributed by atoms with Crippen molar-refractivity contribution in [1.82, 2.24) is 9.88 Å². The summed E-state index contributed by atoms with van der Waals surface area (Å²) in [5.74, 6) is -0.225. The van der Waals surface area contributed by atoms with Gasteiger partial charge in [0.15, 0.2) is 0 Å². The molecule has 0 bridgehead atoms. The third kappa shape index (κ3) is 5.54. The molecule has 0 saturated heterocycles. The first-order chi connectivity index (χ1) is 10.7. The standard InChI is InChI=1S/C18H23FN2O/c1-2-18(22)14-21(12-10-17-5-3-4-11-20-17)13-15-6-8-16(19)9-7-15/h3-9,11,18,22H,2,10,12-14H2,1H3. The van der Waals surface area contributed by atoms with Gasteiger partial charge in [-0.25, -0.2) is 4.39 Å². The van der Waals surface area contributed by atoms with Gasteiger partial charge >= 0.3 is 0 Å². The van der Waals surface area contributed by atoms with Gasteiger partial charge in [0.25, 0.3) is 0 Å². The molecule has 0 aliphatic heterocycles. The van der Waals surface area contributed by atoms with Crippen molar-refractivity contribution in [2.45, 2.75) is 32.4 Å². The topological polar surface area (TPSA) is 36.4 Å². The number of rotatable bonds is 8. The van der Waals surface area contributed by atoms with Crippen molar-refractivity contribution in [2.24, 2.45) is 0 Å². The van der Waals surface area contributed by atoms with Crippen molar-refractivity contribution in [2.75, 3.05) is 13.1 Å². The highest BCUT2D eigenvalue weighted by Gasteiger charge is 2.11. The van der Waals surface area contributed by atoms with E-state index in [1.807, 2.05) is 25.1 Å². The van der Waals surface area contributed by atoms with Crippen LogP contribution < -0.4 is 0 Å². The van der Waals surface area contributed by atoms with Crippen LogP contribution in [-0.4, -0.2) is 34.2 Å². The largest absolute Gasteiger partial charge is 0.392 e. The molecule has 1 atom stereocenters. The quantitative estimate of drug-likeness (QED) is 0.814. The summed E-state index contributed by atoms with van der Waals surface area (Å²) in [6.07, 6.45) is 3.01.